The molecule has 0 aromatic heterocycles. The zero-order valence-electron chi connectivity index (χ0n) is 28.6. The number of carbonyl (C=O) groups is 1. The minimum Gasteiger partial charge on any atom is -0.498 e. The molecule has 0 unspecified atom stereocenters. The Morgan fingerprint density at radius 1 is 0.511 bits per heavy atom. The summed E-state index contributed by atoms with van der Waals surface area (Å²) in [5.74, 6) is 0. The van der Waals surface area contributed by atoms with Crippen molar-refractivity contribution in [1.29, 1.82) is 0 Å². The summed E-state index contributed by atoms with van der Waals surface area (Å²) in [5.41, 5.74) is 0. The van der Waals surface area contributed by atoms with E-state index in [1.165, 1.54) is 51.2 Å². The summed E-state index contributed by atoms with van der Waals surface area (Å²) in [4.78, 5) is 18.9. The van der Waals surface area contributed by atoms with Crippen LogP contribution >= 0.6 is 0 Å². The number of rotatable bonds is 39. The summed E-state index contributed by atoms with van der Waals surface area (Å²) in [6, 6.07) is 2.01. The zero-order valence-corrected chi connectivity index (χ0v) is 30.6. The van der Waals surface area contributed by atoms with Gasteiger partial charge in [-0.25, -0.2) is 4.89 Å². The third kappa shape index (κ3) is 37.6. The molecule has 0 heterocycles. The quantitative estimate of drug-likeness (QED) is 0.0191. The van der Waals surface area contributed by atoms with Crippen LogP contribution < -0.4 is 0 Å². The molecule has 0 aliphatic heterocycles. The van der Waals surface area contributed by atoms with Gasteiger partial charge < -0.3 is 33.1 Å². The van der Waals surface area contributed by atoms with E-state index in [9.17, 15) is 4.79 Å². The van der Waals surface area contributed by atoms with E-state index < -0.39 is 16.6 Å². The first-order valence-electron chi connectivity index (χ1n) is 16.3. The standard InChI is InChI=1S/C28H58O17Si2/c1-46(2,27-15-20-32-24-23-31-19-14-12-10-8-6-5-7-9-11-13-17-29)45-47(3,4)28-16-21-33-25-26-35-37-39-41-43-44-42-40-38-36-34-22-18-30/h17,25-26,30H,5-16,18-24,27-28H2,1-4H3/b26-25-. The number of carbonyl (C=O) groups excluding carboxylic acids is 1. The first-order valence-corrected chi connectivity index (χ1v) is 22.5. The van der Waals surface area contributed by atoms with Crippen molar-refractivity contribution < 1.29 is 83.3 Å². The van der Waals surface area contributed by atoms with Gasteiger partial charge in [-0.2, -0.15) is 0 Å². The summed E-state index contributed by atoms with van der Waals surface area (Å²) in [5, 5.41) is 43.0. The molecular formula is C28H58O17Si2. The summed E-state index contributed by atoms with van der Waals surface area (Å²) < 4.78 is 23.5. The van der Waals surface area contributed by atoms with Gasteiger partial charge in [0.1, 0.15) is 19.2 Å². The average molecular weight is 723 g/mol. The Morgan fingerprint density at radius 2 is 1.00 bits per heavy atom. The van der Waals surface area contributed by atoms with Gasteiger partial charge in [-0.15, -0.1) is 0 Å². The molecule has 0 aromatic carbocycles. The molecule has 0 bridgehead atoms. The highest BCUT2D eigenvalue weighted by molar-refractivity contribution is 6.84. The number of hydrogen-bond acceptors (Lipinski definition) is 17. The average Bonchev–Trinajstić information content (AvgIpc) is 3.03. The van der Waals surface area contributed by atoms with Crippen LogP contribution in [0.15, 0.2) is 12.5 Å². The Balaban J connectivity index is 3.54. The van der Waals surface area contributed by atoms with Crippen LogP contribution in [-0.4, -0.2) is 74.3 Å². The van der Waals surface area contributed by atoms with Gasteiger partial charge in [0.05, 0.1) is 26.4 Å². The SMILES string of the molecule is C[Si](C)(CCCO/C=C\OOOOOOOOOOOCCO)O[Si](C)(C)CCCOCCOCCCCCCCCCCCC=O. The number of aldehydes is 1. The third-order valence-corrected chi connectivity index (χ3v) is 13.9. The summed E-state index contributed by atoms with van der Waals surface area (Å²) >= 11 is 0. The molecule has 17 nitrogen and oxygen atoms in total. The third-order valence-electron chi connectivity index (χ3n) is 6.34. The van der Waals surface area contributed by atoms with Crippen molar-refractivity contribution >= 4 is 22.9 Å². The van der Waals surface area contributed by atoms with Crippen molar-refractivity contribution in [3.63, 3.8) is 0 Å². The monoisotopic (exact) mass is 722 g/mol. The smallest absolute Gasteiger partial charge is 0.173 e. The molecule has 0 fully saturated rings. The molecule has 0 spiro atoms. The van der Waals surface area contributed by atoms with Crippen molar-refractivity contribution in [2.24, 2.45) is 0 Å². The molecule has 0 saturated heterocycles. The fourth-order valence-corrected chi connectivity index (χ4v) is 13.2. The van der Waals surface area contributed by atoms with Crippen molar-refractivity contribution in [3.8, 4) is 0 Å². The Morgan fingerprint density at radius 3 is 1.57 bits per heavy atom. The van der Waals surface area contributed by atoms with E-state index in [2.05, 4.69) is 81.3 Å². The number of hydrogen-bond donors (Lipinski definition) is 1. The molecule has 0 aliphatic carbocycles. The number of aliphatic hydroxyl groups is 1. The van der Waals surface area contributed by atoms with Crippen LogP contribution in [0.5, 0.6) is 0 Å². The van der Waals surface area contributed by atoms with Crippen molar-refractivity contribution in [1.82, 2.24) is 0 Å². The Labute approximate surface area is 280 Å². The molecule has 19 heteroatoms. The lowest BCUT2D eigenvalue weighted by Gasteiger charge is -2.34. The van der Waals surface area contributed by atoms with Gasteiger partial charge in [0, 0.05) is 44.8 Å². The molecule has 1 N–H and O–H groups in total. The van der Waals surface area contributed by atoms with Gasteiger partial charge in [0.2, 0.25) is 0 Å². The highest BCUT2D eigenvalue weighted by atomic mass is 28.4. The van der Waals surface area contributed by atoms with E-state index in [0.29, 0.717) is 26.2 Å². The van der Waals surface area contributed by atoms with E-state index in [1.807, 2.05) is 0 Å². The second kappa shape index (κ2) is 34.7. The second-order valence-electron chi connectivity index (χ2n) is 11.6. The lowest BCUT2D eigenvalue weighted by atomic mass is 10.1. The van der Waals surface area contributed by atoms with Gasteiger partial charge in [-0.05, 0) is 84.1 Å². The Bertz CT molecular complexity index is 691. The van der Waals surface area contributed by atoms with E-state index in [1.54, 1.807) is 0 Å². The van der Waals surface area contributed by atoms with Crippen LogP contribution in [0, 0.1) is 0 Å². The lowest BCUT2D eigenvalue weighted by Crippen LogP contribution is -2.44. The predicted molar refractivity (Wildman–Crippen MR) is 168 cm³/mol. The zero-order chi connectivity index (χ0) is 34.6. The van der Waals surface area contributed by atoms with Crippen LogP contribution in [-0.2, 0) is 78.2 Å². The fourth-order valence-electron chi connectivity index (χ4n) is 4.36. The molecule has 0 radical (unpaired) electrons. The predicted octanol–water partition coefficient (Wildman–Crippen LogP) is 6.14. The number of aliphatic hydroxyl groups excluding tert-OH is 1. The van der Waals surface area contributed by atoms with Crippen LogP contribution in [0.25, 0.3) is 0 Å². The van der Waals surface area contributed by atoms with Crippen molar-refractivity contribution in [3.05, 3.63) is 12.5 Å². The van der Waals surface area contributed by atoms with Crippen LogP contribution in [0.3, 0.4) is 0 Å². The van der Waals surface area contributed by atoms with E-state index in [-0.39, 0.29) is 13.2 Å². The summed E-state index contributed by atoms with van der Waals surface area (Å²) in [7, 11) is -3.64. The summed E-state index contributed by atoms with van der Waals surface area (Å²) in [6.07, 6.45) is 16.8. The second-order valence-corrected chi connectivity index (χ2v) is 20.4. The molecule has 0 amide bonds. The molecular weight excluding hydrogens is 664 g/mol. The highest BCUT2D eigenvalue weighted by Crippen LogP contribution is 2.24. The molecule has 0 aliphatic rings. The van der Waals surface area contributed by atoms with E-state index >= 15 is 0 Å². The van der Waals surface area contributed by atoms with Crippen LogP contribution in [0.1, 0.15) is 77.0 Å². The van der Waals surface area contributed by atoms with Gasteiger partial charge >= 0.3 is 0 Å². The Hall–Kier alpha value is -1.12. The molecule has 0 atom stereocenters. The van der Waals surface area contributed by atoms with Gasteiger partial charge in [0.15, 0.2) is 22.9 Å². The minimum absolute atomic E-state index is 0.159. The van der Waals surface area contributed by atoms with Crippen molar-refractivity contribution in [2.45, 2.75) is 115 Å². The fraction of sp³-hybridized carbons (Fsp3) is 0.893. The highest BCUT2D eigenvalue weighted by Gasteiger charge is 2.32. The maximum absolute atomic E-state index is 10.3. The van der Waals surface area contributed by atoms with E-state index in [4.69, 9.17) is 23.4 Å². The van der Waals surface area contributed by atoms with E-state index in [0.717, 1.165) is 63.5 Å². The first-order chi connectivity index (χ1) is 22.8. The maximum Gasteiger partial charge on any atom is 0.173 e. The Kier molecular flexibility index (Phi) is 33.9. The van der Waals surface area contributed by atoms with Crippen LogP contribution in [0.4, 0.5) is 0 Å². The van der Waals surface area contributed by atoms with Crippen molar-refractivity contribution in [2.75, 3.05) is 46.2 Å². The number of unbranched alkanes of at least 4 members (excludes halogenated alkanes) is 9. The normalized spacial score (nSPS) is 12.3. The molecule has 0 rings (SSSR count). The molecule has 280 valence electrons. The molecule has 47 heavy (non-hydrogen) atoms. The van der Waals surface area contributed by atoms with Gasteiger partial charge in [-0.1, -0.05) is 44.9 Å². The molecule has 0 aromatic rings. The number of ether oxygens (including phenoxy) is 3. The van der Waals surface area contributed by atoms with Gasteiger partial charge in [0.25, 0.3) is 0 Å². The van der Waals surface area contributed by atoms with Crippen LogP contribution in [0.2, 0.25) is 38.3 Å². The van der Waals surface area contributed by atoms with Gasteiger partial charge in [-0.3, -0.25) is 0 Å². The molecule has 0 saturated carbocycles. The minimum atomic E-state index is -1.84. The summed E-state index contributed by atoms with van der Waals surface area (Å²) in [6.45, 7) is 11.8. The largest absolute Gasteiger partial charge is 0.498 e. The lowest BCUT2D eigenvalue weighted by molar-refractivity contribution is -0.853. The maximum atomic E-state index is 10.3. The first kappa shape index (κ1) is 45.9. The topological polar surface area (TPSA) is 176 Å².